The fraction of sp³-hybridized carbons (Fsp3) is 0.231. The van der Waals surface area contributed by atoms with Crippen molar-refractivity contribution in [3.8, 4) is 0 Å². The Morgan fingerprint density at radius 3 is 2.24 bits per heavy atom. The Balaban J connectivity index is 2.06. The molecule has 0 saturated carbocycles. The Bertz CT molecular complexity index is 1370. The van der Waals surface area contributed by atoms with Crippen molar-refractivity contribution in [2.45, 2.75) is 19.0 Å². The number of rotatable bonds is 10. The van der Waals surface area contributed by atoms with Crippen LogP contribution >= 0.6 is 39.1 Å². The molecule has 37 heavy (non-hydrogen) atoms. The van der Waals surface area contributed by atoms with Crippen LogP contribution in [-0.4, -0.2) is 51.0 Å². The van der Waals surface area contributed by atoms with Crippen LogP contribution in [0.1, 0.15) is 11.1 Å². The van der Waals surface area contributed by atoms with Crippen molar-refractivity contribution in [2.75, 3.05) is 24.2 Å². The van der Waals surface area contributed by atoms with Crippen molar-refractivity contribution in [1.29, 1.82) is 0 Å². The first-order chi connectivity index (χ1) is 17.5. The Hall–Kier alpha value is -2.59. The third kappa shape index (κ3) is 7.70. The summed E-state index contributed by atoms with van der Waals surface area (Å²) in [6.07, 6.45) is 1.22. The fourth-order valence-electron chi connectivity index (χ4n) is 3.83. The number of sulfonamides is 1. The molecule has 0 aliphatic rings. The highest BCUT2D eigenvalue weighted by molar-refractivity contribution is 9.10. The molecule has 0 aromatic heterocycles. The van der Waals surface area contributed by atoms with Crippen LogP contribution in [0.25, 0.3) is 0 Å². The molecule has 0 saturated heterocycles. The summed E-state index contributed by atoms with van der Waals surface area (Å²) < 4.78 is 27.3. The van der Waals surface area contributed by atoms with E-state index in [0.29, 0.717) is 0 Å². The predicted octanol–water partition coefficient (Wildman–Crippen LogP) is 4.91. The summed E-state index contributed by atoms with van der Waals surface area (Å²) in [6, 6.07) is 20.3. The van der Waals surface area contributed by atoms with E-state index in [1.165, 1.54) is 24.1 Å². The lowest BCUT2D eigenvalue weighted by molar-refractivity contribution is -0.139. The normalized spacial score (nSPS) is 12.0. The van der Waals surface area contributed by atoms with Gasteiger partial charge in [-0.2, -0.15) is 0 Å². The maximum absolute atomic E-state index is 13.9. The van der Waals surface area contributed by atoms with Crippen LogP contribution in [0.15, 0.2) is 77.3 Å². The molecular formula is C26H26BrCl2N3O4S. The molecule has 3 aromatic carbocycles. The molecule has 7 nitrogen and oxygen atoms in total. The lowest BCUT2D eigenvalue weighted by Gasteiger charge is -2.33. The molecule has 0 aliphatic heterocycles. The number of carbonyl (C=O) groups is 2. The van der Waals surface area contributed by atoms with Gasteiger partial charge >= 0.3 is 0 Å². The molecule has 3 rings (SSSR count). The molecule has 2 amide bonds. The zero-order valence-electron chi connectivity index (χ0n) is 20.2. The second-order valence-electron chi connectivity index (χ2n) is 8.31. The molecule has 1 unspecified atom stereocenters. The summed E-state index contributed by atoms with van der Waals surface area (Å²) in [5.74, 6) is -0.954. The van der Waals surface area contributed by atoms with Crippen molar-refractivity contribution in [2.24, 2.45) is 0 Å². The zero-order valence-corrected chi connectivity index (χ0v) is 24.1. The van der Waals surface area contributed by atoms with Crippen molar-refractivity contribution >= 4 is 66.7 Å². The van der Waals surface area contributed by atoms with Gasteiger partial charge in [0.1, 0.15) is 12.6 Å². The van der Waals surface area contributed by atoms with E-state index in [2.05, 4.69) is 21.2 Å². The van der Waals surface area contributed by atoms with Crippen LogP contribution in [-0.2, 0) is 32.6 Å². The van der Waals surface area contributed by atoms with Crippen molar-refractivity contribution in [1.82, 2.24) is 10.2 Å². The summed E-state index contributed by atoms with van der Waals surface area (Å²) in [4.78, 5) is 28.3. The number of halogens is 3. The minimum atomic E-state index is -3.94. The largest absolute Gasteiger partial charge is 0.357 e. The molecule has 0 fully saturated rings. The van der Waals surface area contributed by atoms with Gasteiger partial charge in [0, 0.05) is 24.5 Å². The van der Waals surface area contributed by atoms with E-state index in [1.54, 1.807) is 6.07 Å². The second kappa shape index (κ2) is 12.8. The predicted molar refractivity (Wildman–Crippen MR) is 151 cm³/mol. The number of likely N-dealkylation sites (N-methyl/N-ethyl adjacent to an activating group) is 1. The van der Waals surface area contributed by atoms with Gasteiger partial charge in [0.2, 0.25) is 21.8 Å². The smallest absolute Gasteiger partial charge is 0.244 e. The fourth-order valence-corrected chi connectivity index (χ4v) is 5.58. The second-order valence-corrected chi connectivity index (χ2v) is 11.9. The Labute approximate surface area is 235 Å². The van der Waals surface area contributed by atoms with Gasteiger partial charge in [-0.3, -0.25) is 13.9 Å². The molecule has 11 heteroatoms. The summed E-state index contributed by atoms with van der Waals surface area (Å²) in [5, 5.41) is 2.80. The van der Waals surface area contributed by atoms with E-state index in [4.69, 9.17) is 23.2 Å². The summed E-state index contributed by atoms with van der Waals surface area (Å²) in [7, 11) is -2.44. The van der Waals surface area contributed by atoms with Gasteiger partial charge in [-0.05, 0) is 35.4 Å². The summed E-state index contributed by atoms with van der Waals surface area (Å²) in [6.45, 7) is -0.501. The van der Waals surface area contributed by atoms with Crippen LogP contribution in [0.5, 0.6) is 0 Å². The number of hydrogen-bond acceptors (Lipinski definition) is 4. The molecule has 1 atom stereocenters. The van der Waals surface area contributed by atoms with Crippen molar-refractivity contribution in [3.05, 3.63) is 98.4 Å². The third-order valence-electron chi connectivity index (χ3n) is 5.64. The average molecular weight is 627 g/mol. The first-order valence-corrected chi connectivity index (χ1v) is 14.6. The molecule has 0 aliphatic carbocycles. The highest BCUT2D eigenvalue weighted by atomic mass is 79.9. The van der Waals surface area contributed by atoms with Gasteiger partial charge in [-0.1, -0.05) is 87.7 Å². The number of amides is 2. The molecule has 0 bridgehead atoms. The summed E-state index contributed by atoms with van der Waals surface area (Å²) in [5.41, 5.74) is 1.68. The number of anilines is 1. The van der Waals surface area contributed by atoms with Crippen LogP contribution in [0, 0.1) is 0 Å². The monoisotopic (exact) mass is 625 g/mol. The van der Waals surface area contributed by atoms with Gasteiger partial charge < -0.3 is 10.2 Å². The molecule has 0 radical (unpaired) electrons. The van der Waals surface area contributed by atoms with Crippen molar-refractivity contribution in [3.63, 3.8) is 0 Å². The number of nitrogens with zero attached hydrogens (tertiary/aromatic N) is 2. The molecule has 1 N–H and O–H groups in total. The molecule has 0 heterocycles. The minimum Gasteiger partial charge on any atom is -0.357 e. The Morgan fingerprint density at radius 2 is 1.62 bits per heavy atom. The molecule has 196 valence electrons. The van der Waals surface area contributed by atoms with Gasteiger partial charge in [-0.15, -0.1) is 0 Å². The number of carbonyl (C=O) groups excluding carboxylic acids is 2. The lowest BCUT2D eigenvalue weighted by Crippen LogP contribution is -2.52. The SMILES string of the molecule is CNC(=O)C(Cc1ccccc1)N(Cc1cccc(Br)c1)C(=O)CN(c1cccc(Cl)c1Cl)S(C)(=O)=O. The maximum Gasteiger partial charge on any atom is 0.244 e. The van der Waals surface area contributed by atoms with Gasteiger partial charge in [-0.25, -0.2) is 8.42 Å². The number of hydrogen-bond donors (Lipinski definition) is 1. The van der Waals surface area contributed by atoms with E-state index >= 15 is 0 Å². The summed E-state index contributed by atoms with van der Waals surface area (Å²) >= 11 is 15.9. The first-order valence-electron chi connectivity index (χ1n) is 11.2. The van der Waals surface area contributed by atoms with Gasteiger partial charge in [0.15, 0.2) is 0 Å². The Kier molecular flexibility index (Phi) is 10.0. The van der Waals surface area contributed by atoms with E-state index in [-0.39, 0.29) is 34.6 Å². The van der Waals surface area contributed by atoms with Gasteiger partial charge in [0.05, 0.1) is 22.0 Å². The highest BCUT2D eigenvalue weighted by Gasteiger charge is 2.33. The van der Waals surface area contributed by atoms with Crippen LogP contribution in [0.4, 0.5) is 5.69 Å². The molecule has 0 spiro atoms. The highest BCUT2D eigenvalue weighted by Crippen LogP contribution is 2.34. The van der Waals surface area contributed by atoms with Crippen LogP contribution in [0.2, 0.25) is 10.0 Å². The topological polar surface area (TPSA) is 86.8 Å². The zero-order chi connectivity index (χ0) is 27.2. The first kappa shape index (κ1) is 29.0. The molecular weight excluding hydrogens is 601 g/mol. The quantitative estimate of drug-likeness (QED) is 0.347. The average Bonchev–Trinajstić information content (AvgIpc) is 2.86. The van der Waals surface area contributed by atoms with Crippen LogP contribution < -0.4 is 9.62 Å². The maximum atomic E-state index is 13.9. The molecule has 3 aromatic rings. The number of nitrogens with one attached hydrogen (secondary N) is 1. The van der Waals surface area contributed by atoms with Crippen LogP contribution in [0.3, 0.4) is 0 Å². The van der Waals surface area contributed by atoms with Gasteiger partial charge in [0.25, 0.3) is 0 Å². The van der Waals surface area contributed by atoms with E-state index < -0.39 is 28.5 Å². The standard InChI is InChI=1S/C26H26BrCl2N3O4S/c1-30-26(34)23(15-18-8-4-3-5-9-18)31(16-19-10-6-11-20(27)14-19)24(33)17-32(37(2,35)36)22-13-7-12-21(28)25(22)29/h3-14,23H,15-17H2,1-2H3,(H,30,34). The third-order valence-corrected chi connectivity index (χ3v) is 8.07. The van der Waals surface area contributed by atoms with E-state index in [1.807, 2.05) is 54.6 Å². The number of benzene rings is 3. The van der Waals surface area contributed by atoms with E-state index in [9.17, 15) is 18.0 Å². The Morgan fingerprint density at radius 1 is 0.973 bits per heavy atom. The van der Waals surface area contributed by atoms with Crippen molar-refractivity contribution < 1.29 is 18.0 Å². The van der Waals surface area contributed by atoms with E-state index in [0.717, 1.165) is 26.2 Å². The minimum absolute atomic E-state index is 0.00747. The lowest BCUT2D eigenvalue weighted by atomic mass is 10.0.